The van der Waals surface area contributed by atoms with Crippen molar-refractivity contribution in [3.8, 4) is 0 Å². The second kappa shape index (κ2) is 6.23. The molecule has 0 aliphatic heterocycles. The zero-order valence-electron chi connectivity index (χ0n) is 11.6. The summed E-state index contributed by atoms with van der Waals surface area (Å²) in [5.41, 5.74) is 10.3. The first-order chi connectivity index (χ1) is 9.20. The third-order valence-electron chi connectivity index (χ3n) is 3.16. The van der Waals surface area contributed by atoms with Gasteiger partial charge in [0.1, 0.15) is 0 Å². The maximum Gasteiger partial charge on any atom is 0.0449 e. The van der Waals surface area contributed by atoms with Crippen molar-refractivity contribution in [2.75, 3.05) is 17.2 Å². The molecule has 0 amide bonds. The molecule has 0 spiro atoms. The summed E-state index contributed by atoms with van der Waals surface area (Å²) in [5, 5.41) is 0. The van der Waals surface area contributed by atoms with Gasteiger partial charge in [-0.2, -0.15) is 0 Å². The van der Waals surface area contributed by atoms with Crippen LogP contribution in [0.3, 0.4) is 0 Å². The predicted octanol–water partition coefficient (Wildman–Crippen LogP) is 3.39. The van der Waals surface area contributed by atoms with Crippen LogP contribution in [0.4, 0.5) is 11.4 Å². The van der Waals surface area contributed by atoms with Gasteiger partial charge in [0.25, 0.3) is 0 Å². The van der Waals surface area contributed by atoms with Crippen molar-refractivity contribution < 1.29 is 0 Å². The first-order valence-corrected chi connectivity index (χ1v) is 6.71. The number of hydrogen-bond acceptors (Lipinski definition) is 3. The number of hydrogen-bond donors (Lipinski definition) is 1. The minimum absolute atomic E-state index is 0.837. The highest BCUT2D eigenvalue weighted by molar-refractivity contribution is 5.52. The lowest BCUT2D eigenvalue weighted by Gasteiger charge is -2.25. The number of pyridine rings is 1. The number of para-hydroxylation sites is 1. The van der Waals surface area contributed by atoms with Crippen LogP contribution in [0.25, 0.3) is 0 Å². The molecule has 0 aliphatic rings. The van der Waals surface area contributed by atoms with E-state index in [1.54, 1.807) is 0 Å². The highest BCUT2D eigenvalue weighted by Gasteiger charge is 2.08. The van der Waals surface area contributed by atoms with Gasteiger partial charge in [-0.05, 0) is 37.1 Å². The first kappa shape index (κ1) is 13.4. The van der Waals surface area contributed by atoms with Crippen LogP contribution in [-0.4, -0.2) is 11.5 Å². The Bertz CT molecular complexity index is 537. The number of benzene rings is 1. The standard InChI is InChI=1S/C16H21N3/c1-3-10-19(15-8-9-18-13(2)11-15)12-14-6-4-5-7-16(14)17/h4-9,11H,3,10,12,17H2,1-2H3. The number of nitrogens with zero attached hydrogens (tertiary/aromatic N) is 2. The molecule has 0 aliphatic carbocycles. The van der Waals surface area contributed by atoms with E-state index < -0.39 is 0 Å². The third-order valence-corrected chi connectivity index (χ3v) is 3.16. The van der Waals surface area contributed by atoms with Gasteiger partial charge in [0.2, 0.25) is 0 Å². The molecule has 3 heteroatoms. The second-order valence-corrected chi connectivity index (χ2v) is 4.78. The Balaban J connectivity index is 2.24. The van der Waals surface area contributed by atoms with Crippen molar-refractivity contribution in [1.82, 2.24) is 4.98 Å². The average Bonchev–Trinajstić information content (AvgIpc) is 2.40. The quantitative estimate of drug-likeness (QED) is 0.833. The van der Waals surface area contributed by atoms with E-state index in [0.29, 0.717) is 0 Å². The second-order valence-electron chi connectivity index (χ2n) is 4.78. The number of nitrogens with two attached hydrogens (primary N) is 1. The lowest BCUT2D eigenvalue weighted by Crippen LogP contribution is -2.24. The molecule has 100 valence electrons. The summed E-state index contributed by atoms with van der Waals surface area (Å²) in [6, 6.07) is 12.2. The van der Waals surface area contributed by atoms with E-state index in [9.17, 15) is 0 Å². The molecule has 1 heterocycles. The van der Waals surface area contributed by atoms with Crippen LogP contribution < -0.4 is 10.6 Å². The van der Waals surface area contributed by atoms with Crippen LogP contribution in [0.1, 0.15) is 24.6 Å². The van der Waals surface area contributed by atoms with E-state index in [0.717, 1.165) is 30.9 Å². The van der Waals surface area contributed by atoms with Crippen LogP contribution in [-0.2, 0) is 6.54 Å². The Labute approximate surface area is 115 Å². The average molecular weight is 255 g/mol. The van der Waals surface area contributed by atoms with Crippen LogP contribution in [0, 0.1) is 6.92 Å². The van der Waals surface area contributed by atoms with Gasteiger partial charge in [-0.3, -0.25) is 4.98 Å². The molecule has 0 atom stereocenters. The Morgan fingerprint density at radius 3 is 2.68 bits per heavy atom. The molecule has 1 aromatic heterocycles. The van der Waals surface area contributed by atoms with Gasteiger partial charge in [-0.15, -0.1) is 0 Å². The summed E-state index contributed by atoms with van der Waals surface area (Å²) in [6.45, 7) is 6.06. The van der Waals surface area contributed by atoms with E-state index in [1.165, 1.54) is 11.3 Å². The van der Waals surface area contributed by atoms with Gasteiger partial charge in [0.15, 0.2) is 0 Å². The number of aryl methyl sites for hydroxylation is 1. The highest BCUT2D eigenvalue weighted by Crippen LogP contribution is 2.20. The van der Waals surface area contributed by atoms with E-state index >= 15 is 0 Å². The maximum absolute atomic E-state index is 6.03. The van der Waals surface area contributed by atoms with Gasteiger partial charge < -0.3 is 10.6 Å². The normalized spacial score (nSPS) is 10.4. The molecule has 3 nitrogen and oxygen atoms in total. The fourth-order valence-electron chi connectivity index (χ4n) is 2.18. The Hall–Kier alpha value is -2.03. The molecule has 2 N–H and O–H groups in total. The smallest absolute Gasteiger partial charge is 0.0449 e. The predicted molar refractivity (Wildman–Crippen MR) is 81.2 cm³/mol. The van der Waals surface area contributed by atoms with Crippen molar-refractivity contribution in [3.63, 3.8) is 0 Å². The summed E-state index contributed by atoms with van der Waals surface area (Å²) >= 11 is 0. The number of anilines is 2. The van der Waals surface area contributed by atoms with Crippen molar-refractivity contribution in [3.05, 3.63) is 53.9 Å². The summed E-state index contributed by atoms with van der Waals surface area (Å²) in [7, 11) is 0. The van der Waals surface area contributed by atoms with Crippen molar-refractivity contribution >= 4 is 11.4 Å². The lowest BCUT2D eigenvalue weighted by molar-refractivity contribution is 0.767. The molecule has 0 bridgehead atoms. The number of aromatic nitrogens is 1. The minimum atomic E-state index is 0.837. The van der Waals surface area contributed by atoms with Gasteiger partial charge in [0, 0.05) is 36.4 Å². The Morgan fingerprint density at radius 2 is 2.00 bits per heavy atom. The monoisotopic (exact) mass is 255 g/mol. The third kappa shape index (κ3) is 3.47. The number of rotatable bonds is 5. The molecule has 19 heavy (non-hydrogen) atoms. The molecule has 1 aromatic carbocycles. The number of nitrogen functional groups attached to an aromatic ring is 1. The zero-order chi connectivity index (χ0) is 13.7. The maximum atomic E-state index is 6.03. The summed E-state index contributed by atoms with van der Waals surface area (Å²) < 4.78 is 0. The fraction of sp³-hybridized carbons (Fsp3) is 0.312. The zero-order valence-corrected chi connectivity index (χ0v) is 11.6. The van der Waals surface area contributed by atoms with E-state index in [4.69, 9.17) is 5.73 Å². The molecule has 0 fully saturated rings. The van der Waals surface area contributed by atoms with Crippen molar-refractivity contribution in [2.24, 2.45) is 0 Å². The van der Waals surface area contributed by atoms with Crippen LogP contribution in [0.15, 0.2) is 42.6 Å². The lowest BCUT2D eigenvalue weighted by atomic mass is 10.1. The molecule has 2 aromatic rings. The molecule has 0 unspecified atom stereocenters. The Morgan fingerprint density at radius 1 is 1.21 bits per heavy atom. The molecule has 0 radical (unpaired) electrons. The summed E-state index contributed by atoms with van der Waals surface area (Å²) in [6.07, 6.45) is 2.97. The van der Waals surface area contributed by atoms with Gasteiger partial charge in [-0.1, -0.05) is 25.1 Å². The first-order valence-electron chi connectivity index (χ1n) is 6.71. The molecular weight excluding hydrogens is 234 g/mol. The highest BCUT2D eigenvalue weighted by atomic mass is 15.1. The van der Waals surface area contributed by atoms with E-state index in [1.807, 2.05) is 31.3 Å². The van der Waals surface area contributed by atoms with Crippen LogP contribution >= 0.6 is 0 Å². The minimum Gasteiger partial charge on any atom is -0.398 e. The van der Waals surface area contributed by atoms with Crippen molar-refractivity contribution in [2.45, 2.75) is 26.8 Å². The molecular formula is C16H21N3. The largest absolute Gasteiger partial charge is 0.398 e. The van der Waals surface area contributed by atoms with Crippen LogP contribution in [0.5, 0.6) is 0 Å². The SMILES string of the molecule is CCCN(Cc1ccccc1N)c1ccnc(C)c1. The Kier molecular flexibility index (Phi) is 4.39. The van der Waals surface area contributed by atoms with E-state index in [-0.39, 0.29) is 0 Å². The molecule has 0 saturated heterocycles. The molecule has 2 rings (SSSR count). The fourth-order valence-corrected chi connectivity index (χ4v) is 2.18. The summed E-state index contributed by atoms with van der Waals surface area (Å²) in [5.74, 6) is 0. The topological polar surface area (TPSA) is 42.1 Å². The summed E-state index contributed by atoms with van der Waals surface area (Å²) in [4.78, 5) is 6.60. The van der Waals surface area contributed by atoms with Crippen LogP contribution in [0.2, 0.25) is 0 Å². The van der Waals surface area contributed by atoms with Crippen molar-refractivity contribution in [1.29, 1.82) is 0 Å². The molecule has 0 saturated carbocycles. The van der Waals surface area contributed by atoms with E-state index in [2.05, 4.69) is 35.0 Å². The van der Waals surface area contributed by atoms with Gasteiger partial charge >= 0.3 is 0 Å². The van der Waals surface area contributed by atoms with Gasteiger partial charge in [0.05, 0.1) is 0 Å². The van der Waals surface area contributed by atoms with Gasteiger partial charge in [-0.25, -0.2) is 0 Å².